The summed E-state index contributed by atoms with van der Waals surface area (Å²) in [4.78, 5) is 0. The van der Waals surface area contributed by atoms with Crippen LogP contribution in [0.25, 0.3) is 0 Å². The summed E-state index contributed by atoms with van der Waals surface area (Å²) in [6.07, 6.45) is 2.54. The Balaban J connectivity index is 2.85. The van der Waals surface area contributed by atoms with E-state index in [1.54, 1.807) is 6.92 Å². The molecule has 0 amide bonds. The Hall–Kier alpha value is -1.00. The molecule has 1 aromatic carbocycles. The molecule has 0 saturated carbocycles. The Kier molecular flexibility index (Phi) is 5.69. The van der Waals surface area contributed by atoms with Gasteiger partial charge in [0.05, 0.1) is 6.04 Å². The smallest absolute Gasteiger partial charge is 0.133 e. The quantitative estimate of drug-likeness (QED) is 0.603. The molecule has 18 heavy (non-hydrogen) atoms. The molecular formula is C14H22F2N2. The lowest BCUT2D eigenvalue weighted by atomic mass is 9.96. The number of halogens is 2. The number of benzene rings is 1. The summed E-state index contributed by atoms with van der Waals surface area (Å²) in [5.74, 6) is 4.97. The summed E-state index contributed by atoms with van der Waals surface area (Å²) < 4.78 is 27.7. The average molecular weight is 256 g/mol. The predicted molar refractivity (Wildman–Crippen MR) is 69.8 cm³/mol. The van der Waals surface area contributed by atoms with E-state index in [2.05, 4.69) is 19.3 Å². The van der Waals surface area contributed by atoms with Crippen LogP contribution in [0.3, 0.4) is 0 Å². The van der Waals surface area contributed by atoms with E-state index in [1.807, 2.05) is 0 Å². The van der Waals surface area contributed by atoms with Crippen molar-refractivity contribution >= 4 is 0 Å². The topological polar surface area (TPSA) is 38.0 Å². The summed E-state index contributed by atoms with van der Waals surface area (Å²) in [6, 6.07) is 2.26. The van der Waals surface area contributed by atoms with E-state index in [4.69, 9.17) is 5.84 Å². The van der Waals surface area contributed by atoms with Crippen molar-refractivity contribution in [2.75, 3.05) is 0 Å². The molecule has 4 heteroatoms. The number of hydrazine groups is 1. The van der Waals surface area contributed by atoms with Crippen LogP contribution in [-0.2, 0) is 0 Å². The predicted octanol–water partition coefficient (Wildman–Crippen LogP) is 3.60. The molecule has 0 spiro atoms. The molecule has 0 radical (unpaired) electrons. The Morgan fingerprint density at radius 1 is 1.22 bits per heavy atom. The fraction of sp³-hybridized carbons (Fsp3) is 0.571. The monoisotopic (exact) mass is 256 g/mol. The molecule has 0 aliphatic rings. The van der Waals surface area contributed by atoms with Crippen LogP contribution in [0.1, 0.15) is 50.3 Å². The second kappa shape index (κ2) is 6.81. The minimum Gasteiger partial charge on any atom is -0.271 e. The van der Waals surface area contributed by atoms with Crippen molar-refractivity contribution in [3.8, 4) is 0 Å². The van der Waals surface area contributed by atoms with Gasteiger partial charge < -0.3 is 0 Å². The second-order valence-corrected chi connectivity index (χ2v) is 5.14. The van der Waals surface area contributed by atoms with Crippen molar-refractivity contribution in [3.63, 3.8) is 0 Å². The van der Waals surface area contributed by atoms with Crippen LogP contribution < -0.4 is 11.3 Å². The number of rotatable bonds is 6. The van der Waals surface area contributed by atoms with Gasteiger partial charge in [-0.25, -0.2) is 8.78 Å². The van der Waals surface area contributed by atoms with Gasteiger partial charge >= 0.3 is 0 Å². The number of hydrogen-bond donors (Lipinski definition) is 2. The van der Waals surface area contributed by atoms with E-state index in [0.29, 0.717) is 17.9 Å². The third kappa shape index (κ3) is 3.75. The van der Waals surface area contributed by atoms with Gasteiger partial charge in [-0.05, 0) is 30.9 Å². The van der Waals surface area contributed by atoms with Crippen molar-refractivity contribution in [1.82, 2.24) is 5.43 Å². The first-order valence-electron chi connectivity index (χ1n) is 6.38. The Labute approximate surface area is 108 Å². The zero-order valence-corrected chi connectivity index (χ0v) is 11.3. The van der Waals surface area contributed by atoms with Crippen molar-refractivity contribution in [2.24, 2.45) is 11.8 Å². The van der Waals surface area contributed by atoms with Gasteiger partial charge in [-0.15, -0.1) is 0 Å². The molecule has 3 N–H and O–H groups in total. The van der Waals surface area contributed by atoms with Gasteiger partial charge in [-0.3, -0.25) is 11.3 Å². The summed E-state index contributed by atoms with van der Waals surface area (Å²) in [5.41, 5.74) is 3.02. The van der Waals surface area contributed by atoms with Crippen LogP contribution in [0.5, 0.6) is 0 Å². The molecule has 0 aliphatic heterocycles. The Morgan fingerprint density at radius 2 is 1.89 bits per heavy atom. The number of nitrogens with two attached hydrogens (primary N) is 1. The normalized spacial score (nSPS) is 13.1. The molecule has 0 aromatic heterocycles. The highest BCUT2D eigenvalue weighted by Gasteiger charge is 2.20. The van der Waals surface area contributed by atoms with Gasteiger partial charge in [0.1, 0.15) is 11.6 Å². The van der Waals surface area contributed by atoms with E-state index in [9.17, 15) is 8.78 Å². The van der Waals surface area contributed by atoms with E-state index >= 15 is 0 Å². The van der Waals surface area contributed by atoms with Crippen molar-refractivity contribution in [3.05, 3.63) is 34.9 Å². The maximum atomic E-state index is 13.9. The summed E-state index contributed by atoms with van der Waals surface area (Å²) in [7, 11) is 0. The van der Waals surface area contributed by atoms with Gasteiger partial charge in [0.2, 0.25) is 0 Å². The second-order valence-electron chi connectivity index (χ2n) is 5.14. The molecule has 102 valence electrons. The highest BCUT2D eigenvalue weighted by atomic mass is 19.1. The molecule has 1 atom stereocenters. The lowest BCUT2D eigenvalue weighted by molar-refractivity contribution is 0.421. The first-order chi connectivity index (χ1) is 8.47. The highest BCUT2D eigenvalue weighted by molar-refractivity contribution is 5.29. The minimum absolute atomic E-state index is 0.0567. The highest BCUT2D eigenvalue weighted by Crippen LogP contribution is 2.27. The molecule has 0 saturated heterocycles. The maximum Gasteiger partial charge on any atom is 0.133 e. The first kappa shape index (κ1) is 15.1. The Morgan fingerprint density at radius 3 is 2.44 bits per heavy atom. The van der Waals surface area contributed by atoms with E-state index in [0.717, 1.165) is 12.8 Å². The molecule has 1 rings (SSSR count). The van der Waals surface area contributed by atoms with Crippen LogP contribution in [0.4, 0.5) is 8.78 Å². The molecule has 0 aliphatic carbocycles. The lowest BCUT2D eigenvalue weighted by Crippen LogP contribution is -2.29. The Bertz CT molecular complexity index is 392. The van der Waals surface area contributed by atoms with Gasteiger partial charge in [0.25, 0.3) is 0 Å². The fourth-order valence-corrected chi connectivity index (χ4v) is 2.04. The molecular weight excluding hydrogens is 234 g/mol. The van der Waals surface area contributed by atoms with Crippen LogP contribution >= 0.6 is 0 Å². The first-order valence-corrected chi connectivity index (χ1v) is 6.38. The largest absolute Gasteiger partial charge is 0.271 e. The maximum absolute atomic E-state index is 13.9. The SMILES string of the molecule is Cc1ccc(F)c(C(CCCC(C)C)NN)c1F. The molecule has 1 unspecified atom stereocenters. The van der Waals surface area contributed by atoms with E-state index < -0.39 is 17.7 Å². The number of hydrogen-bond acceptors (Lipinski definition) is 2. The van der Waals surface area contributed by atoms with Crippen LogP contribution in [0.2, 0.25) is 0 Å². The molecule has 0 bridgehead atoms. The minimum atomic E-state index is -0.536. The summed E-state index contributed by atoms with van der Waals surface area (Å²) in [5, 5.41) is 0. The van der Waals surface area contributed by atoms with E-state index in [-0.39, 0.29) is 5.56 Å². The van der Waals surface area contributed by atoms with Crippen LogP contribution in [0.15, 0.2) is 12.1 Å². The summed E-state index contributed by atoms with van der Waals surface area (Å²) in [6.45, 7) is 5.87. The lowest BCUT2D eigenvalue weighted by Gasteiger charge is -2.19. The fourth-order valence-electron chi connectivity index (χ4n) is 2.04. The van der Waals surface area contributed by atoms with Gasteiger partial charge in [0.15, 0.2) is 0 Å². The van der Waals surface area contributed by atoms with Crippen molar-refractivity contribution in [2.45, 2.75) is 46.1 Å². The van der Waals surface area contributed by atoms with Gasteiger partial charge in [-0.1, -0.05) is 32.8 Å². The number of aryl methyl sites for hydroxylation is 1. The van der Waals surface area contributed by atoms with Crippen LogP contribution in [0, 0.1) is 24.5 Å². The molecule has 2 nitrogen and oxygen atoms in total. The van der Waals surface area contributed by atoms with Crippen LogP contribution in [-0.4, -0.2) is 0 Å². The van der Waals surface area contributed by atoms with Gasteiger partial charge in [-0.2, -0.15) is 0 Å². The third-order valence-corrected chi connectivity index (χ3v) is 3.14. The summed E-state index contributed by atoms with van der Waals surface area (Å²) >= 11 is 0. The molecule has 0 fully saturated rings. The molecule has 1 aromatic rings. The zero-order chi connectivity index (χ0) is 13.7. The molecule has 0 heterocycles. The van der Waals surface area contributed by atoms with E-state index in [1.165, 1.54) is 12.1 Å². The average Bonchev–Trinajstić information content (AvgIpc) is 2.32. The van der Waals surface area contributed by atoms with Crippen molar-refractivity contribution in [1.29, 1.82) is 0 Å². The standard InChI is InChI=1S/C14H22F2N2/c1-9(2)5-4-6-12(18-17)13-11(15)8-7-10(3)14(13)16/h7-9,12,18H,4-6,17H2,1-3H3. The van der Waals surface area contributed by atoms with Crippen molar-refractivity contribution < 1.29 is 8.78 Å². The van der Waals surface area contributed by atoms with Gasteiger partial charge in [0, 0.05) is 5.56 Å². The number of nitrogens with one attached hydrogen (secondary N) is 1. The zero-order valence-electron chi connectivity index (χ0n) is 11.3. The third-order valence-electron chi connectivity index (χ3n) is 3.14.